The summed E-state index contributed by atoms with van der Waals surface area (Å²) in [5.41, 5.74) is 1.03. The van der Waals surface area contributed by atoms with Crippen molar-refractivity contribution in [2.75, 3.05) is 0 Å². The Hall–Kier alpha value is -2.83. The summed E-state index contributed by atoms with van der Waals surface area (Å²) in [7, 11) is 0. The minimum atomic E-state index is -4.47. The standard InChI is InChI=1S/C25H26F3NO3/c1-2-17-7-9-19(32-23-10-8-18(14-29-23)25(26,27)28)13-20(17)24-21(30)11-15-3-4-16(6-5-15)12-22(24)31/h7-10,13-16,30H,2-6,11-12H2,1H3. The zero-order valence-corrected chi connectivity index (χ0v) is 17.9. The van der Waals surface area contributed by atoms with Gasteiger partial charge in [-0.15, -0.1) is 0 Å². The first-order valence-electron chi connectivity index (χ1n) is 11.0. The summed E-state index contributed by atoms with van der Waals surface area (Å²) < 4.78 is 44.0. The van der Waals surface area contributed by atoms with Crippen LogP contribution in [-0.4, -0.2) is 15.9 Å². The molecule has 1 aromatic heterocycles. The van der Waals surface area contributed by atoms with Gasteiger partial charge in [-0.1, -0.05) is 13.0 Å². The fourth-order valence-electron chi connectivity index (χ4n) is 4.74. The third-order valence-corrected chi connectivity index (χ3v) is 6.51. The molecule has 0 saturated heterocycles. The van der Waals surface area contributed by atoms with Crippen LogP contribution in [0.4, 0.5) is 13.2 Å². The molecule has 2 aromatic rings. The van der Waals surface area contributed by atoms with Crippen LogP contribution in [0.25, 0.3) is 5.57 Å². The lowest BCUT2D eigenvalue weighted by Gasteiger charge is -2.26. The highest BCUT2D eigenvalue weighted by molar-refractivity contribution is 6.21. The molecule has 32 heavy (non-hydrogen) atoms. The molecule has 1 N–H and O–H groups in total. The van der Waals surface area contributed by atoms with E-state index in [0.29, 0.717) is 48.0 Å². The average Bonchev–Trinajstić information content (AvgIpc) is 2.84. The van der Waals surface area contributed by atoms with Gasteiger partial charge in [0.15, 0.2) is 5.78 Å². The van der Waals surface area contributed by atoms with Gasteiger partial charge in [0.2, 0.25) is 5.88 Å². The number of hydrogen-bond donors (Lipinski definition) is 1. The Bertz CT molecular complexity index is 1020. The fraction of sp³-hybridized carbons (Fsp3) is 0.440. The van der Waals surface area contributed by atoms with Crippen LogP contribution in [0.2, 0.25) is 0 Å². The van der Waals surface area contributed by atoms with E-state index in [-0.39, 0.29) is 17.4 Å². The van der Waals surface area contributed by atoms with Crippen LogP contribution in [-0.2, 0) is 17.4 Å². The van der Waals surface area contributed by atoms with Crippen LogP contribution in [0.5, 0.6) is 11.6 Å². The van der Waals surface area contributed by atoms with E-state index in [1.165, 1.54) is 0 Å². The normalized spacial score (nSPS) is 21.8. The van der Waals surface area contributed by atoms with E-state index >= 15 is 0 Å². The third kappa shape index (κ3) is 4.81. The number of Topliss-reactive ketones (excluding diaryl/α,β-unsaturated/α-hetero) is 1. The molecule has 2 bridgehead atoms. The minimum absolute atomic E-state index is 0.0187. The second kappa shape index (κ2) is 8.96. The van der Waals surface area contributed by atoms with Crippen LogP contribution in [0.1, 0.15) is 62.1 Å². The second-order valence-electron chi connectivity index (χ2n) is 8.70. The first-order valence-corrected chi connectivity index (χ1v) is 11.0. The number of hydrogen-bond acceptors (Lipinski definition) is 4. The lowest BCUT2D eigenvalue weighted by molar-refractivity contribution is -0.137. The number of rotatable bonds is 4. The van der Waals surface area contributed by atoms with Gasteiger partial charge < -0.3 is 9.84 Å². The maximum atomic E-state index is 13.2. The zero-order chi connectivity index (χ0) is 22.9. The summed E-state index contributed by atoms with van der Waals surface area (Å²) in [4.78, 5) is 17.0. The van der Waals surface area contributed by atoms with Crippen molar-refractivity contribution in [3.63, 3.8) is 0 Å². The number of aryl methyl sites for hydroxylation is 1. The van der Waals surface area contributed by atoms with E-state index in [1.807, 2.05) is 13.0 Å². The SMILES string of the molecule is CCc1ccc(Oc2ccc(C(F)(F)F)cn2)cc1C1=C(O)CC2CCC(CC2)CC1=O. The predicted molar refractivity (Wildman–Crippen MR) is 114 cm³/mol. The molecule has 0 amide bonds. The van der Waals surface area contributed by atoms with E-state index < -0.39 is 11.7 Å². The number of ether oxygens (including phenoxy) is 1. The van der Waals surface area contributed by atoms with Gasteiger partial charge in [-0.05, 0) is 73.3 Å². The maximum absolute atomic E-state index is 13.2. The number of allylic oxidation sites excluding steroid dienone is 2. The second-order valence-corrected chi connectivity index (χ2v) is 8.70. The molecule has 1 aromatic carbocycles. The molecule has 3 aliphatic carbocycles. The molecular weight excluding hydrogens is 419 g/mol. The van der Waals surface area contributed by atoms with Crippen LogP contribution in [0.3, 0.4) is 0 Å². The van der Waals surface area contributed by atoms with Crippen molar-refractivity contribution in [1.29, 1.82) is 0 Å². The number of aromatic nitrogens is 1. The van der Waals surface area contributed by atoms with Crippen LogP contribution >= 0.6 is 0 Å². The Morgan fingerprint density at radius 3 is 2.34 bits per heavy atom. The Kier molecular flexibility index (Phi) is 6.26. The number of benzene rings is 1. The third-order valence-electron chi connectivity index (χ3n) is 6.51. The highest BCUT2D eigenvalue weighted by Crippen LogP contribution is 2.40. The van der Waals surface area contributed by atoms with Crippen molar-refractivity contribution in [3.8, 4) is 11.6 Å². The highest BCUT2D eigenvalue weighted by Gasteiger charge is 2.32. The number of fused-ring (bicyclic) bond motifs is 5. The monoisotopic (exact) mass is 445 g/mol. The van der Waals surface area contributed by atoms with Crippen molar-refractivity contribution in [2.45, 2.75) is 58.0 Å². The van der Waals surface area contributed by atoms with E-state index in [9.17, 15) is 23.1 Å². The molecular formula is C25H26F3NO3. The number of alkyl halides is 3. The molecule has 0 atom stereocenters. The molecule has 170 valence electrons. The van der Waals surface area contributed by atoms with Gasteiger partial charge in [-0.25, -0.2) is 4.98 Å². The number of carbonyl (C=O) groups excluding carboxylic acids is 1. The van der Waals surface area contributed by atoms with Gasteiger partial charge in [-0.2, -0.15) is 13.2 Å². The molecule has 0 unspecified atom stereocenters. The van der Waals surface area contributed by atoms with Crippen LogP contribution in [0, 0.1) is 11.8 Å². The number of halogens is 3. The summed E-state index contributed by atoms with van der Waals surface area (Å²) in [6.45, 7) is 1.97. The van der Waals surface area contributed by atoms with E-state index in [4.69, 9.17) is 4.74 Å². The predicted octanol–water partition coefficient (Wildman–Crippen LogP) is 6.89. The zero-order valence-electron chi connectivity index (χ0n) is 17.9. The summed E-state index contributed by atoms with van der Waals surface area (Å²) in [5.74, 6) is 1.16. The summed E-state index contributed by atoms with van der Waals surface area (Å²) >= 11 is 0. The molecule has 0 radical (unpaired) electrons. The minimum Gasteiger partial charge on any atom is -0.512 e. The summed E-state index contributed by atoms with van der Waals surface area (Å²) in [6, 6.07) is 7.28. The van der Waals surface area contributed by atoms with Gasteiger partial charge in [0, 0.05) is 25.1 Å². The lowest BCUT2D eigenvalue weighted by atomic mass is 9.79. The van der Waals surface area contributed by atoms with E-state index in [0.717, 1.165) is 49.6 Å². The first-order chi connectivity index (χ1) is 15.2. The van der Waals surface area contributed by atoms with Crippen LogP contribution < -0.4 is 4.74 Å². The van der Waals surface area contributed by atoms with Crippen molar-refractivity contribution in [1.82, 2.24) is 4.98 Å². The molecule has 0 aliphatic heterocycles. The summed E-state index contributed by atoms with van der Waals surface area (Å²) in [6.07, 6.45) is 1.90. The highest BCUT2D eigenvalue weighted by atomic mass is 19.4. The molecule has 1 saturated carbocycles. The van der Waals surface area contributed by atoms with Gasteiger partial charge in [0.05, 0.1) is 11.1 Å². The number of pyridine rings is 1. The number of nitrogens with zero attached hydrogens (tertiary/aromatic N) is 1. The Morgan fingerprint density at radius 2 is 1.75 bits per heavy atom. The molecule has 1 fully saturated rings. The molecule has 4 nitrogen and oxygen atoms in total. The van der Waals surface area contributed by atoms with Crippen molar-refractivity contribution in [3.05, 3.63) is 59.0 Å². The lowest BCUT2D eigenvalue weighted by Crippen LogP contribution is -2.15. The van der Waals surface area contributed by atoms with Gasteiger partial charge in [-0.3, -0.25) is 4.79 Å². The van der Waals surface area contributed by atoms with Gasteiger partial charge in [0.25, 0.3) is 0 Å². The smallest absolute Gasteiger partial charge is 0.417 e. The fourth-order valence-corrected chi connectivity index (χ4v) is 4.74. The maximum Gasteiger partial charge on any atom is 0.417 e. The van der Waals surface area contributed by atoms with E-state index in [2.05, 4.69) is 4.98 Å². The van der Waals surface area contributed by atoms with Gasteiger partial charge in [0.1, 0.15) is 11.5 Å². The molecule has 5 rings (SSSR count). The van der Waals surface area contributed by atoms with Crippen molar-refractivity contribution >= 4 is 11.4 Å². The molecule has 0 spiro atoms. The largest absolute Gasteiger partial charge is 0.512 e. The quantitative estimate of drug-likeness (QED) is 0.556. The van der Waals surface area contributed by atoms with Gasteiger partial charge >= 0.3 is 6.18 Å². The number of aliphatic hydroxyl groups is 1. The Labute approximate surface area is 185 Å². The number of carbonyl (C=O) groups is 1. The molecule has 3 aliphatic rings. The van der Waals surface area contributed by atoms with E-state index in [1.54, 1.807) is 12.1 Å². The topological polar surface area (TPSA) is 59.4 Å². The number of aliphatic hydroxyl groups excluding tert-OH is 1. The number of ketones is 1. The Morgan fingerprint density at radius 1 is 1.06 bits per heavy atom. The van der Waals surface area contributed by atoms with Crippen molar-refractivity contribution < 1.29 is 27.8 Å². The molecule has 7 heteroatoms. The van der Waals surface area contributed by atoms with Crippen molar-refractivity contribution in [2.24, 2.45) is 11.8 Å². The Balaban J connectivity index is 1.67. The first kappa shape index (κ1) is 22.4. The van der Waals surface area contributed by atoms with Crippen LogP contribution in [0.15, 0.2) is 42.3 Å². The molecule has 1 heterocycles. The summed E-state index contributed by atoms with van der Waals surface area (Å²) in [5, 5.41) is 10.9. The average molecular weight is 445 g/mol.